The van der Waals surface area contributed by atoms with Crippen LogP contribution in [0.3, 0.4) is 0 Å². The number of hydrogen-bond donors (Lipinski definition) is 1. The number of unbranched alkanes of at least 4 members (excludes halogenated alkanes) is 2. The Bertz CT molecular complexity index is 405. The van der Waals surface area contributed by atoms with Crippen molar-refractivity contribution in [2.24, 2.45) is 0 Å². The molecule has 1 N–H and O–H groups in total. The summed E-state index contributed by atoms with van der Waals surface area (Å²) >= 11 is 5.88. The summed E-state index contributed by atoms with van der Waals surface area (Å²) in [4.78, 5) is 13.8. The van der Waals surface area contributed by atoms with Gasteiger partial charge in [-0.25, -0.2) is 0 Å². The fourth-order valence-electron chi connectivity index (χ4n) is 2.27. The van der Waals surface area contributed by atoms with Crippen LogP contribution >= 0.6 is 11.6 Å². The second-order valence-electron chi connectivity index (χ2n) is 4.63. The maximum absolute atomic E-state index is 11.9. The second kappa shape index (κ2) is 6.21. The van der Waals surface area contributed by atoms with Crippen molar-refractivity contribution < 1.29 is 4.79 Å². The van der Waals surface area contributed by atoms with Crippen LogP contribution in [-0.2, 0) is 4.79 Å². The van der Waals surface area contributed by atoms with Crippen LogP contribution in [0.25, 0.3) is 0 Å². The molecular formula is C14H19ClN2O. The monoisotopic (exact) mass is 266 g/mol. The fourth-order valence-corrected chi connectivity index (χ4v) is 2.39. The van der Waals surface area contributed by atoms with Crippen molar-refractivity contribution in [1.29, 1.82) is 0 Å². The van der Waals surface area contributed by atoms with Gasteiger partial charge in [0.2, 0.25) is 5.91 Å². The van der Waals surface area contributed by atoms with E-state index >= 15 is 0 Å². The average Bonchev–Trinajstić information content (AvgIpc) is 2.73. The molecule has 0 saturated carbocycles. The topological polar surface area (TPSA) is 32.3 Å². The molecule has 98 valence electrons. The highest BCUT2D eigenvalue weighted by molar-refractivity contribution is 6.30. The lowest BCUT2D eigenvalue weighted by Crippen LogP contribution is -2.31. The van der Waals surface area contributed by atoms with Crippen LogP contribution in [-0.4, -0.2) is 23.9 Å². The lowest BCUT2D eigenvalue weighted by Gasteiger charge is -2.24. The summed E-state index contributed by atoms with van der Waals surface area (Å²) in [6.45, 7) is 3.42. The van der Waals surface area contributed by atoms with Crippen LogP contribution in [0.5, 0.6) is 0 Å². The number of nitrogens with zero attached hydrogens (tertiary/aromatic N) is 1. The Morgan fingerprint density at radius 2 is 2.06 bits per heavy atom. The van der Waals surface area contributed by atoms with Crippen LogP contribution in [0, 0.1) is 0 Å². The highest BCUT2D eigenvalue weighted by atomic mass is 35.5. The van der Waals surface area contributed by atoms with Crippen LogP contribution in [0.4, 0.5) is 0 Å². The van der Waals surface area contributed by atoms with E-state index in [1.165, 1.54) is 6.42 Å². The molecule has 1 amide bonds. The maximum Gasteiger partial charge on any atom is 0.238 e. The summed E-state index contributed by atoms with van der Waals surface area (Å²) < 4.78 is 0. The predicted octanol–water partition coefficient (Wildman–Crippen LogP) is 2.96. The first-order chi connectivity index (χ1) is 8.72. The minimum absolute atomic E-state index is 0.00613. The molecule has 0 bridgehead atoms. The molecule has 1 fully saturated rings. The lowest BCUT2D eigenvalue weighted by molar-refractivity contribution is -0.128. The van der Waals surface area contributed by atoms with E-state index in [0.717, 1.165) is 30.0 Å². The number of amides is 1. The van der Waals surface area contributed by atoms with E-state index in [-0.39, 0.29) is 12.1 Å². The molecule has 0 aliphatic carbocycles. The number of hydrogen-bond acceptors (Lipinski definition) is 2. The van der Waals surface area contributed by atoms with Crippen LogP contribution in [0.1, 0.15) is 37.9 Å². The predicted molar refractivity (Wildman–Crippen MR) is 73.4 cm³/mol. The number of nitrogens with one attached hydrogen (secondary N) is 1. The first-order valence-electron chi connectivity index (χ1n) is 6.50. The maximum atomic E-state index is 11.9. The van der Waals surface area contributed by atoms with Gasteiger partial charge in [0.15, 0.2) is 0 Å². The Kier molecular flexibility index (Phi) is 4.61. The number of benzene rings is 1. The summed E-state index contributed by atoms with van der Waals surface area (Å²) in [5.74, 6) is 0.186. The van der Waals surface area contributed by atoms with E-state index < -0.39 is 0 Å². The van der Waals surface area contributed by atoms with Crippen molar-refractivity contribution in [3.8, 4) is 0 Å². The summed E-state index contributed by atoms with van der Waals surface area (Å²) in [5.41, 5.74) is 1.10. The molecular weight excluding hydrogens is 248 g/mol. The molecule has 1 atom stereocenters. The summed E-state index contributed by atoms with van der Waals surface area (Å²) in [5, 5.41) is 3.98. The lowest BCUT2D eigenvalue weighted by atomic mass is 10.1. The van der Waals surface area contributed by atoms with Crippen molar-refractivity contribution in [3.63, 3.8) is 0 Å². The number of carbonyl (C=O) groups excluding carboxylic acids is 1. The number of carbonyl (C=O) groups is 1. The summed E-state index contributed by atoms with van der Waals surface area (Å²) in [7, 11) is 0. The van der Waals surface area contributed by atoms with Gasteiger partial charge in [-0.2, -0.15) is 0 Å². The Morgan fingerprint density at radius 1 is 1.33 bits per heavy atom. The largest absolute Gasteiger partial charge is 0.322 e. The smallest absolute Gasteiger partial charge is 0.238 e. The van der Waals surface area contributed by atoms with Gasteiger partial charge in [-0.1, -0.05) is 43.5 Å². The highest BCUT2D eigenvalue weighted by Gasteiger charge is 2.30. The third-order valence-electron chi connectivity index (χ3n) is 3.27. The number of halogens is 1. The molecule has 2 rings (SSSR count). The third-order valence-corrected chi connectivity index (χ3v) is 3.52. The minimum atomic E-state index is 0.00613. The molecule has 1 heterocycles. The van der Waals surface area contributed by atoms with Crippen molar-refractivity contribution in [2.75, 3.05) is 13.1 Å². The summed E-state index contributed by atoms with van der Waals surface area (Å²) in [6, 6.07) is 7.69. The van der Waals surface area contributed by atoms with Crippen LogP contribution in [0.15, 0.2) is 24.3 Å². The Labute approximate surface area is 113 Å². The number of rotatable bonds is 5. The molecule has 4 heteroatoms. The molecule has 1 aromatic rings. The van der Waals surface area contributed by atoms with Crippen LogP contribution < -0.4 is 5.32 Å². The molecule has 1 saturated heterocycles. The zero-order valence-electron chi connectivity index (χ0n) is 10.7. The van der Waals surface area contributed by atoms with E-state index in [1.807, 2.05) is 29.2 Å². The SMILES string of the molecule is CCCCCN1C(=O)CNC1c1ccc(Cl)cc1. The van der Waals surface area contributed by atoms with Gasteiger partial charge in [-0.05, 0) is 24.1 Å². The quantitative estimate of drug-likeness (QED) is 0.831. The molecule has 0 spiro atoms. The van der Waals surface area contributed by atoms with E-state index in [9.17, 15) is 4.79 Å². The molecule has 0 aromatic heterocycles. The van der Waals surface area contributed by atoms with Gasteiger partial charge in [-0.15, -0.1) is 0 Å². The second-order valence-corrected chi connectivity index (χ2v) is 5.07. The van der Waals surface area contributed by atoms with Crippen LogP contribution in [0.2, 0.25) is 5.02 Å². The van der Waals surface area contributed by atoms with Gasteiger partial charge in [0, 0.05) is 11.6 Å². The molecule has 18 heavy (non-hydrogen) atoms. The highest BCUT2D eigenvalue weighted by Crippen LogP contribution is 2.24. The van der Waals surface area contributed by atoms with Gasteiger partial charge < -0.3 is 4.90 Å². The van der Waals surface area contributed by atoms with E-state index in [0.29, 0.717) is 6.54 Å². The Balaban J connectivity index is 2.06. The third kappa shape index (κ3) is 3.03. The molecule has 1 aromatic carbocycles. The Morgan fingerprint density at radius 3 is 2.72 bits per heavy atom. The first-order valence-corrected chi connectivity index (χ1v) is 6.88. The fraction of sp³-hybridized carbons (Fsp3) is 0.500. The molecule has 1 aliphatic rings. The minimum Gasteiger partial charge on any atom is -0.322 e. The Hall–Kier alpha value is -1.06. The van der Waals surface area contributed by atoms with Crippen molar-refractivity contribution in [2.45, 2.75) is 32.4 Å². The molecule has 3 nitrogen and oxygen atoms in total. The standard InChI is InChI=1S/C14H19ClN2O/c1-2-3-4-9-17-13(18)10-16-14(17)11-5-7-12(15)8-6-11/h5-8,14,16H,2-4,9-10H2,1H3. The van der Waals surface area contributed by atoms with Gasteiger partial charge >= 0.3 is 0 Å². The van der Waals surface area contributed by atoms with E-state index in [2.05, 4.69) is 12.2 Å². The average molecular weight is 267 g/mol. The van der Waals surface area contributed by atoms with Crippen molar-refractivity contribution in [1.82, 2.24) is 10.2 Å². The van der Waals surface area contributed by atoms with Crippen molar-refractivity contribution >= 4 is 17.5 Å². The zero-order valence-corrected chi connectivity index (χ0v) is 11.4. The summed E-state index contributed by atoms with van der Waals surface area (Å²) in [6.07, 6.45) is 3.40. The molecule has 1 unspecified atom stereocenters. The first kappa shape index (κ1) is 13.4. The zero-order chi connectivity index (χ0) is 13.0. The normalized spacial score (nSPS) is 19.6. The molecule has 0 radical (unpaired) electrons. The van der Waals surface area contributed by atoms with Crippen molar-refractivity contribution in [3.05, 3.63) is 34.9 Å². The molecule has 1 aliphatic heterocycles. The van der Waals surface area contributed by atoms with Gasteiger partial charge in [0.25, 0.3) is 0 Å². The van der Waals surface area contributed by atoms with E-state index in [4.69, 9.17) is 11.6 Å². The van der Waals surface area contributed by atoms with E-state index in [1.54, 1.807) is 0 Å². The van der Waals surface area contributed by atoms with Gasteiger partial charge in [-0.3, -0.25) is 10.1 Å². The van der Waals surface area contributed by atoms with Gasteiger partial charge in [0.1, 0.15) is 6.17 Å². The van der Waals surface area contributed by atoms with Gasteiger partial charge in [0.05, 0.1) is 6.54 Å².